The summed E-state index contributed by atoms with van der Waals surface area (Å²) in [4.78, 5) is 19.3. The molecule has 1 unspecified atom stereocenters. The number of rotatable bonds is 9. The molecular formula is C22H31N3OS3. The summed E-state index contributed by atoms with van der Waals surface area (Å²) in [6.45, 7) is 2.76. The highest BCUT2D eigenvalue weighted by atomic mass is 33.1. The number of aryl methyl sites for hydroxylation is 2. The number of carbonyl (C=O) groups is 1. The quantitative estimate of drug-likeness (QED) is 0.368. The van der Waals surface area contributed by atoms with E-state index in [-0.39, 0.29) is 0 Å². The second kappa shape index (κ2) is 10.9. The second-order valence-electron chi connectivity index (χ2n) is 8.09. The van der Waals surface area contributed by atoms with E-state index in [0.29, 0.717) is 11.8 Å². The summed E-state index contributed by atoms with van der Waals surface area (Å²) in [5.74, 6) is 3.35. The molecule has 2 aliphatic rings. The normalized spacial score (nSPS) is 20.4. The number of hydrogen-bond donors (Lipinski definition) is 0. The summed E-state index contributed by atoms with van der Waals surface area (Å²) in [6.07, 6.45) is 12.8. The Morgan fingerprint density at radius 2 is 2.10 bits per heavy atom. The van der Waals surface area contributed by atoms with E-state index in [1.165, 1.54) is 36.4 Å². The molecule has 0 spiro atoms. The van der Waals surface area contributed by atoms with Crippen LogP contribution in [0.15, 0.2) is 29.2 Å². The van der Waals surface area contributed by atoms with Crippen LogP contribution in [0.4, 0.5) is 0 Å². The number of hydrogen-bond acceptors (Lipinski definition) is 5. The third-order valence-corrected chi connectivity index (χ3v) is 9.81. The molecule has 7 heteroatoms. The minimum Gasteiger partial charge on any atom is -0.343 e. The largest absolute Gasteiger partial charge is 0.343 e. The van der Waals surface area contributed by atoms with Crippen LogP contribution in [0.25, 0.3) is 0 Å². The molecule has 2 aliphatic heterocycles. The van der Waals surface area contributed by atoms with Gasteiger partial charge in [-0.25, -0.2) is 4.98 Å². The number of thiophene rings is 1. The summed E-state index contributed by atoms with van der Waals surface area (Å²) in [5.41, 5.74) is 1.40. The number of amides is 1. The zero-order valence-electron chi connectivity index (χ0n) is 17.0. The molecule has 0 aromatic carbocycles. The molecule has 4 nitrogen and oxygen atoms in total. The molecule has 0 saturated carbocycles. The molecule has 4 heterocycles. The van der Waals surface area contributed by atoms with Crippen molar-refractivity contribution < 1.29 is 4.79 Å². The Kier molecular flexibility index (Phi) is 8.02. The van der Waals surface area contributed by atoms with E-state index in [9.17, 15) is 4.79 Å². The number of nitrogens with zero attached hydrogens (tertiary/aromatic N) is 3. The van der Waals surface area contributed by atoms with Gasteiger partial charge in [-0.05, 0) is 60.9 Å². The number of carbonyl (C=O) groups excluding carboxylic acids is 1. The fraction of sp³-hybridized carbons (Fsp3) is 0.636. The highest BCUT2D eigenvalue weighted by Crippen LogP contribution is 2.40. The molecule has 2 saturated heterocycles. The highest BCUT2D eigenvalue weighted by molar-refractivity contribution is 8.77. The first kappa shape index (κ1) is 21.3. The average Bonchev–Trinajstić information content (AvgIpc) is 3.52. The van der Waals surface area contributed by atoms with Gasteiger partial charge in [-0.1, -0.05) is 28.0 Å². The second-order valence-corrected chi connectivity index (χ2v) is 11.7. The summed E-state index contributed by atoms with van der Waals surface area (Å²) >= 11 is 1.76. The van der Waals surface area contributed by atoms with Crippen LogP contribution in [0.3, 0.4) is 0 Å². The lowest BCUT2D eigenvalue weighted by atomic mass is 9.95. The van der Waals surface area contributed by atoms with Crippen molar-refractivity contribution in [2.24, 2.45) is 0 Å². The Morgan fingerprint density at radius 3 is 2.86 bits per heavy atom. The molecule has 158 valence electrons. The third kappa shape index (κ3) is 6.05. The van der Waals surface area contributed by atoms with Crippen LogP contribution >= 0.6 is 32.9 Å². The van der Waals surface area contributed by atoms with Gasteiger partial charge in [0.15, 0.2) is 0 Å². The van der Waals surface area contributed by atoms with Crippen molar-refractivity contribution in [1.29, 1.82) is 0 Å². The predicted octanol–water partition coefficient (Wildman–Crippen LogP) is 5.61. The molecule has 0 bridgehead atoms. The fourth-order valence-electron chi connectivity index (χ4n) is 4.31. The number of unbranched alkanes of at least 4 members (excludes halogenated alkanes) is 1. The van der Waals surface area contributed by atoms with Crippen LogP contribution in [-0.2, 0) is 17.8 Å². The van der Waals surface area contributed by atoms with Crippen molar-refractivity contribution in [3.8, 4) is 0 Å². The van der Waals surface area contributed by atoms with Crippen molar-refractivity contribution in [2.45, 2.75) is 69.1 Å². The monoisotopic (exact) mass is 449 g/mol. The molecule has 29 heavy (non-hydrogen) atoms. The van der Waals surface area contributed by atoms with Crippen LogP contribution in [0, 0.1) is 0 Å². The molecule has 0 aliphatic carbocycles. The molecule has 0 radical (unpaired) electrons. The van der Waals surface area contributed by atoms with Gasteiger partial charge in [0.05, 0.1) is 0 Å². The van der Waals surface area contributed by atoms with Crippen LogP contribution in [-0.4, -0.2) is 44.5 Å². The van der Waals surface area contributed by atoms with Crippen molar-refractivity contribution in [2.75, 3.05) is 18.8 Å². The topological polar surface area (TPSA) is 38.1 Å². The molecule has 1 atom stereocenters. The van der Waals surface area contributed by atoms with Crippen molar-refractivity contribution in [3.63, 3.8) is 0 Å². The Balaban J connectivity index is 1.18. The molecule has 2 fully saturated rings. The van der Waals surface area contributed by atoms with Crippen molar-refractivity contribution in [1.82, 2.24) is 14.5 Å². The van der Waals surface area contributed by atoms with Crippen LogP contribution in [0.2, 0.25) is 0 Å². The van der Waals surface area contributed by atoms with Gasteiger partial charge in [0.25, 0.3) is 0 Å². The van der Waals surface area contributed by atoms with Crippen LogP contribution in [0.1, 0.15) is 62.3 Å². The Labute approximate surface area is 186 Å². The van der Waals surface area contributed by atoms with Crippen LogP contribution in [0.5, 0.6) is 0 Å². The summed E-state index contributed by atoms with van der Waals surface area (Å²) in [5, 5.41) is 5.20. The zero-order chi connectivity index (χ0) is 19.9. The van der Waals surface area contributed by atoms with E-state index >= 15 is 0 Å². The Hall–Kier alpha value is -0.920. The fourth-order valence-corrected chi connectivity index (χ4v) is 8.04. The predicted molar refractivity (Wildman–Crippen MR) is 126 cm³/mol. The van der Waals surface area contributed by atoms with Gasteiger partial charge in [-0.15, -0.1) is 0 Å². The van der Waals surface area contributed by atoms with Crippen LogP contribution < -0.4 is 0 Å². The standard InChI is InChI=1S/C22H31N3OS3/c26-21(4-2-1-3-20-9-16-28-29-20)24-12-6-19(7-13-24)22-23-10-14-25(22)11-5-18-8-15-27-17-18/h8,10,14-15,17,19-20H,1-7,9,11-13,16H2. The van der Waals surface area contributed by atoms with Gasteiger partial charge in [0, 0.05) is 55.4 Å². The van der Waals surface area contributed by atoms with E-state index in [0.717, 1.165) is 57.0 Å². The molecule has 2 aromatic heterocycles. The van der Waals surface area contributed by atoms with Gasteiger partial charge in [0.1, 0.15) is 5.82 Å². The Bertz CT molecular complexity index is 747. The summed E-state index contributed by atoms with van der Waals surface area (Å²) in [7, 11) is 4.05. The molecule has 2 aromatic rings. The first-order chi connectivity index (χ1) is 14.3. The Morgan fingerprint density at radius 1 is 1.21 bits per heavy atom. The highest BCUT2D eigenvalue weighted by Gasteiger charge is 2.26. The van der Waals surface area contributed by atoms with Crippen molar-refractivity contribution in [3.05, 3.63) is 40.6 Å². The van der Waals surface area contributed by atoms with Gasteiger partial charge in [-0.2, -0.15) is 11.3 Å². The smallest absolute Gasteiger partial charge is 0.222 e. The first-order valence-electron chi connectivity index (χ1n) is 10.9. The van der Waals surface area contributed by atoms with Gasteiger partial charge in [0.2, 0.25) is 5.91 Å². The first-order valence-corrected chi connectivity index (χ1v) is 14.2. The molecular weight excluding hydrogens is 418 g/mol. The maximum absolute atomic E-state index is 12.6. The number of aromatic nitrogens is 2. The van der Waals surface area contributed by atoms with Gasteiger partial charge in [-0.3, -0.25) is 4.79 Å². The number of piperidine rings is 1. The SMILES string of the molecule is O=C(CCCCC1CCSS1)N1CCC(c2nccn2CCc2ccsc2)CC1. The molecule has 1 amide bonds. The third-order valence-electron chi connectivity index (χ3n) is 6.08. The number of likely N-dealkylation sites (tertiary alicyclic amines) is 1. The minimum atomic E-state index is 0.359. The van der Waals surface area contributed by atoms with E-state index in [4.69, 9.17) is 0 Å². The average molecular weight is 450 g/mol. The van der Waals surface area contributed by atoms with E-state index < -0.39 is 0 Å². The lowest BCUT2D eigenvalue weighted by Crippen LogP contribution is -2.38. The lowest BCUT2D eigenvalue weighted by Gasteiger charge is -2.32. The van der Waals surface area contributed by atoms with Gasteiger partial charge < -0.3 is 9.47 Å². The molecule has 0 N–H and O–H groups in total. The zero-order valence-corrected chi connectivity index (χ0v) is 19.5. The minimum absolute atomic E-state index is 0.359. The summed E-state index contributed by atoms with van der Waals surface area (Å²) in [6, 6.07) is 2.21. The maximum atomic E-state index is 12.6. The van der Waals surface area contributed by atoms with Gasteiger partial charge >= 0.3 is 0 Å². The van der Waals surface area contributed by atoms with E-state index in [1.54, 1.807) is 11.3 Å². The maximum Gasteiger partial charge on any atom is 0.222 e. The van der Waals surface area contributed by atoms with Crippen molar-refractivity contribution >= 4 is 38.8 Å². The van der Waals surface area contributed by atoms with E-state index in [1.807, 2.05) is 27.8 Å². The number of imidazole rings is 1. The van der Waals surface area contributed by atoms with E-state index in [2.05, 4.69) is 37.5 Å². The molecule has 4 rings (SSSR count). The lowest BCUT2D eigenvalue weighted by molar-refractivity contribution is -0.132. The summed E-state index contributed by atoms with van der Waals surface area (Å²) < 4.78 is 2.32.